The van der Waals surface area contributed by atoms with E-state index in [1.54, 1.807) is 0 Å². The average Bonchev–Trinajstić information content (AvgIpc) is 3.29. The largest absolute Gasteiger partial charge is 0.382 e. The molecule has 3 rings (SSSR count). The zero-order valence-corrected chi connectivity index (χ0v) is 18.1. The van der Waals surface area contributed by atoms with E-state index in [0.717, 1.165) is 45.1 Å². The molecule has 3 N–H and O–H groups in total. The van der Waals surface area contributed by atoms with E-state index in [1.165, 1.54) is 29.3 Å². The Morgan fingerprint density at radius 3 is 2.81 bits per heavy atom. The third kappa shape index (κ3) is 5.61. The van der Waals surface area contributed by atoms with Gasteiger partial charge in [0.2, 0.25) is 0 Å². The topological polar surface area (TPSA) is 61.4 Å². The summed E-state index contributed by atoms with van der Waals surface area (Å²) in [4.78, 5) is 7.68. The minimum Gasteiger partial charge on any atom is -0.382 e. The zero-order chi connectivity index (χ0) is 17.5. The lowest BCUT2D eigenvalue weighted by molar-refractivity contribution is 0.128. The molecule has 6 heteroatoms. The van der Waals surface area contributed by atoms with Crippen LogP contribution >= 0.6 is 24.0 Å². The molecule has 0 unspecified atom stereocenters. The van der Waals surface area contributed by atoms with Crippen molar-refractivity contribution in [2.75, 3.05) is 33.4 Å². The first-order chi connectivity index (χ1) is 12.3. The predicted octanol–water partition coefficient (Wildman–Crippen LogP) is 3.70. The number of hydrogen-bond donors (Lipinski definition) is 3. The number of halogens is 1. The molecule has 0 amide bonds. The molecule has 5 nitrogen and oxygen atoms in total. The monoisotopic (exact) mass is 470 g/mol. The van der Waals surface area contributed by atoms with Gasteiger partial charge in [0.25, 0.3) is 0 Å². The molecule has 1 aliphatic rings. The van der Waals surface area contributed by atoms with E-state index in [2.05, 4.69) is 58.0 Å². The van der Waals surface area contributed by atoms with E-state index < -0.39 is 0 Å². The van der Waals surface area contributed by atoms with Gasteiger partial charge in [-0.15, -0.1) is 24.0 Å². The number of ether oxygens (including phenoxy) is 1. The molecule has 1 aromatic heterocycles. The van der Waals surface area contributed by atoms with Gasteiger partial charge in [0.15, 0.2) is 5.96 Å². The first kappa shape index (κ1) is 21.0. The average molecular weight is 470 g/mol. The summed E-state index contributed by atoms with van der Waals surface area (Å²) in [6.07, 6.45) is 6.80. The number of nitrogens with zero attached hydrogens (tertiary/aromatic N) is 1. The molecular formula is C20H31IN4O. The quantitative estimate of drug-likeness (QED) is 0.227. The Morgan fingerprint density at radius 1 is 1.27 bits per heavy atom. The minimum atomic E-state index is 0. The summed E-state index contributed by atoms with van der Waals surface area (Å²) in [5.41, 5.74) is 2.96. The standard InChI is InChI=1S/C20H30N4O.HI/c1-3-25-13-11-20(9-10-20)15-24-19(21-2)22-12-8-16-14-23-18-7-5-4-6-17(16)18;/h4-7,14,23H,3,8-13,15H2,1-2H3,(H2,21,22,24);1H. The van der Waals surface area contributed by atoms with Gasteiger partial charge in [-0.05, 0) is 49.7 Å². The Kier molecular flexibility index (Phi) is 8.21. The van der Waals surface area contributed by atoms with E-state index >= 15 is 0 Å². The maximum absolute atomic E-state index is 5.51. The smallest absolute Gasteiger partial charge is 0.191 e. The third-order valence-electron chi connectivity index (χ3n) is 5.15. The predicted molar refractivity (Wildman–Crippen MR) is 120 cm³/mol. The maximum Gasteiger partial charge on any atom is 0.191 e. The lowest BCUT2D eigenvalue weighted by Crippen LogP contribution is -2.41. The van der Waals surface area contributed by atoms with Crippen molar-refractivity contribution in [1.82, 2.24) is 15.6 Å². The Labute approximate surface area is 173 Å². The number of guanidine groups is 1. The molecular weight excluding hydrogens is 439 g/mol. The number of fused-ring (bicyclic) bond motifs is 1. The number of rotatable bonds is 9. The number of benzene rings is 1. The number of nitrogens with one attached hydrogen (secondary N) is 3. The summed E-state index contributed by atoms with van der Waals surface area (Å²) in [6, 6.07) is 8.43. The van der Waals surface area contributed by atoms with Crippen LogP contribution in [0.3, 0.4) is 0 Å². The van der Waals surface area contributed by atoms with Crippen molar-refractivity contribution in [2.24, 2.45) is 10.4 Å². The second kappa shape index (κ2) is 10.2. The fourth-order valence-corrected chi connectivity index (χ4v) is 3.27. The lowest BCUT2D eigenvalue weighted by Gasteiger charge is -2.18. The summed E-state index contributed by atoms with van der Waals surface area (Å²) in [6.45, 7) is 5.57. The number of H-pyrrole nitrogens is 1. The second-order valence-electron chi connectivity index (χ2n) is 6.91. The SMILES string of the molecule is CCOCCC1(CNC(=NC)NCCc2c[nH]c3ccccc23)CC1.I. The van der Waals surface area contributed by atoms with Gasteiger partial charge < -0.3 is 20.4 Å². The highest BCUT2D eigenvalue weighted by Gasteiger charge is 2.41. The summed E-state index contributed by atoms with van der Waals surface area (Å²) in [5, 5.41) is 8.23. The van der Waals surface area contributed by atoms with Crippen molar-refractivity contribution >= 4 is 40.8 Å². The van der Waals surface area contributed by atoms with Crippen molar-refractivity contribution < 1.29 is 4.74 Å². The molecule has 0 radical (unpaired) electrons. The van der Waals surface area contributed by atoms with Gasteiger partial charge in [-0.1, -0.05) is 18.2 Å². The summed E-state index contributed by atoms with van der Waals surface area (Å²) < 4.78 is 5.51. The molecule has 1 aromatic carbocycles. The van der Waals surface area contributed by atoms with E-state index in [0.29, 0.717) is 5.41 Å². The Hall–Kier alpha value is -1.28. The molecule has 26 heavy (non-hydrogen) atoms. The second-order valence-corrected chi connectivity index (χ2v) is 6.91. The Bertz CT molecular complexity index is 709. The zero-order valence-electron chi connectivity index (χ0n) is 15.8. The lowest BCUT2D eigenvalue weighted by atomic mass is 10.0. The van der Waals surface area contributed by atoms with E-state index in [9.17, 15) is 0 Å². The number of para-hydroxylation sites is 1. The number of hydrogen-bond acceptors (Lipinski definition) is 2. The van der Waals surface area contributed by atoms with Gasteiger partial charge in [-0.3, -0.25) is 4.99 Å². The van der Waals surface area contributed by atoms with Crippen LogP contribution < -0.4 is 10.6 Å². The molecule has 0 atom stereocenters. The number of aromatic amines is 1. The summed E-state index contributed by atoms with van der Waals surface area (Å²) in [5.74, 6) is 0.891. The van der Waals surface area contributed by atoms with Crippen LogP contribution in [0.5, 0.6) is 0 Å². The number of aliphatic imine (C=N–C) groups is 1. The molecule has 1 aliphatic carbocycles. The third-order valence-corrected chi connectivity index (χ3v) is 5.15. The van der Waals surface area contributed by atoms with E-state index in [-0.39, 0.29) is 24.0 Å². The molecule has 2 aromatic rings. The molecule has 144 valence electrons. The normalized spacial score (nSPS) is 15.5. The van der Waals surface area contributed by atoms with Crippen LogP contribution in [-0.4, -0.2) is 44.3 Å². The van der Waals surface area contributed by atoms with Gasteiger partial charge in [0.05, 0.1) is 0 Å². The van der Waals surface area contributed by atoms with Crippen LogP contribution in [0.25, 0.3) is 10.9 Å². The highest BCUT2D eigenvalue weighted by atomic mass is 127. The van der Waals surface area contributed by atoms with E-state index in [1.807, 2.05) is 7.05 Å². The summed E-state index contributed by atoms with van der Waals surface area (Å²) >= 11 is 0. The van der Waals surface area contributed by atoms with Crippen LogP contribution in [0.4, 0.5) is 0 Å². The van der Waals surface area contributed by atoms with Crippen molar-refractivity contribution in [3.63, 3.8) is 0 Å². The van der Waals surface area contributed by atoms with Crippen LogP contribution in [-0.2, 0) is 11.2 Å². The molecule has 1 heterocycles. The van der Waals surface area contributed by atoms with Crippen LogP contribution in [0.15, 0.2) is 35.5 Å². The van der Waals surface area contributed by atoms with Crippen molar-refractivity contribution in [1.29, 1.82) is 0 Å². The highest BCUT2D eigenvalue weighted by Crippen LogP contribution is 2.48. The van der Waals surface area contributed by atoms with Gasteiger partial charge in [-0.2, -0.15) is 0 Å². The van der Waals surface area contributed by atoms with Crippen molar-refractivity contribution in [3.05, 3.63) is 36.0 Å². The minimum absolute atomic E-state index is 0. The molecule has 0 aliphatic heterocycles. The Morgan fingerprint density at radius 2 is 2.08 bits per heavy atom. The highest BCUT2D eigenvalue weighted by molar-refractivity contribution is 14.0. The van der Waals surface area contributed by atoms with E-state index in [4.69, 9.17) is 4.74 Å². The van der Waals surface area contributed by atoms with Crippen molar-refractivity contribution in [2.45, 2.75) is 32.6 Å². The van der Waals surface area contributed by atoms with Crippen LogP contribution in [0, 0.1) is 5.41 Å². The molecule has 1 fully saturated rings. The fourth-order valence-electron chi connectivity index (χ4n) is 3.27. The van der Waals surface area contributed by atoms with Gasteiger partial charge in [0, 0.05) is 50.5 Å². The maximum atomic E-state index is 5.51. The Balaban J connectivity index is 0.00000243. The molecule has 0 saturated heterocycles. The number of aromatic nitrogens is 1. The molecule has 0 bridgehead atoms. The van der Waals surface area contributed by atoms with Crippen LogP contribution in [0.1, 0.15) is 31.7 Å². The molecule has 1 saturated carbocycles. The fraction of sp³-hybridized carbons (Fsp3) is 0.550. The van der Waals surface area contributed by atoms with Gasteiger partial charge in [0.1, 0.15) is 0 Å². The van der Waals surface area contributed by atoms with Crippen LogP contribution in [0.2, 0.25) is 0 Å². The first-order valence-corrected chi connectivity index (χ1v) is 9.33. The van der Waals surface area contributed by atoms with Crippen molar-refractivity contribution in [3.8, 4) is 0 Å². The summed E-state index contributed by atoms with van der Waals surface area (Å²) in [7, 11) is 1.83. The van der Waals surface area contributed by atoms with Gasteiger partial charge in [-0.25, -0.2) is 0 Å². The molecule has 0 spiro atoms. The van der Waals surface area contributed by atoms with Gasteiger partial charge >= 0.3 is 0 Å². The first-order valence-electron chi connectivity index (χ1n) is 9.33.